The van der Waals surface area contributed by atoms with Crippen LogP contribution in [0.15, 0.2) is 30.5 Å². The third-order valence-electron chi connectivity index (χ3n) is 2.53. The average Bonchev–Trinajstić information content (AvgIpc) is 2.64. The van der Waals surface area contributed by atoms with Gasteiger partial charge in [-0.25, -0.2) is 9.60 Å². The van der Waals surface area contributed by atoms with Crippen molar-refractivity contribution in [1.29, 1.82) is 0 Å². The lowest BCUT2D eigenvalue weighted by Crippen LogP contribution is -2.04. The Hall–Kier alpha value is -2.24. The summed E-state index contributed by atoms with van der Waals surface area (Å²) in [4.78, 5) is 10.5. The molecular weight excluding hydrogens is 225 g/mol. The average molecular weight is 236 g/mol. The van der Waals surface area contributed by atoms with Crippen LogP contribution >= 0.6 is 0 Å². The third-order valence-corrected chi connectivity index (χ3v) is 2.53. The number of nitrogens with zero attached hydrogens (tertiary/aromatic N) is 3. The lowest BCUT2D eigenvalue weighted by atomic mass is 10.2. The van der Waals surface area contributed by atoms with Gasteiger partial charge in [-0.1, -0.05) is 12.1 Å². The molecule has 0 unspecified atom stereocenters. The molecule has 88 valence electrons. The Kier molecular flexibility index (Phi) is 2.86. The molecule has 17 heavy (non-hydrogen) atoms. The fraction of sp³-hybridized carbons (Fsp3) is 0.182. The first-order valence-electron chi connectivity index (χ1n) is 5.01. The fourth-order valence-electron chi connectivity index (χ4n) is 1.55. The Morgan fingerprint density at radius 2 is 2.06 bits per heavy atom. The minimum atomic E-state index is -0.298. The molecule has 0 saturated carbocycles. The standard InChI is InChI=1S/C11H11FN3O2/c1-8-11(15(16)17)6-13-14(8)7-9-2-4-10(12)5-3-9/h2-6H,7H2,1H3,(H,16,17)/q+1. The smallest absolute Gasteiger partial charge is 0.258 e. The molecule has 1 heterocycles. The summed E-state index contributed by atoms with van der Waals surface area (Å²) in [6, 6.07) is 6.01. The maximum Gasteiger partial charge on any atom is 0.356 e. The molecule has 6 heteroatoms. The number of aromatic nitrogens is 2. The lowest BCUT2D eigenvalue weighted by molar-refractivity contribution is -0.730. The van der Waals surface area contributed by atoms with Crippen molar-refractivity contribution in [3.63, 3.8) is 0 Å². The molecule has 0 aliphatic heterocycles. The van der Waals surface area contributed by atoms with Crippen LogP contribution in [0.2, 0.25) is 0 Å². The van der Waals surface area contributed by atoms with E-state index in [1.807, 2.05) is 0 Å². The summed E-state index contributed by atoms with van der Waals surface area (Å²) in [5.74, 6) is -0.298. The van der Waals surface area contributed by atoms with Crippen molar-refractivity contribution in [2.24, 2.45) is 0 Å². The van der Waals surface area contributed by atoms with E-state index in [0.717, 1.165) is 5.56 Å². The zero-order valence-corrected chi connectivity index (χ0v) is 9.17. The molecular formula is C11H11FN3O2+. The van der Waals surface area contributed by atoms with Crippen molar-refractivity contribution in [3.8, 4) is 0 Å². The molecule has 1 aromatic heterocycles. The summed E-state index contributed by atoms with van der Waals surface area (Å²) >= 11 is 0. The monoisotopic (exact) mass is 236 g/mol. The molecule has 0 bridgehead atoms. The highest BCUT2D eigenvalue weighted by molar-refractivity contribution is 5.31. The van der Waals surface area contributed by atoms with Crippen molar-refractivity contribution in [1.82, 2.24) is 9.78 Å². The topological polar surface area (TPSA) is 58.1 Å². The molecule has 1 aromatic carbocycles. The predicted octanol–water partition coefficient (Wildman–Crippen LogP) is 2.18. The second-order valence-electron chi connectivity index (χ2n) is 3.67. The molecule has 0 atom stereocenters. The minimum Gasteiger partial charge on any atom is -0.258 e. The SMILES string of the molecule is Cc1c([N+](=O)O)cnn1Cc1ccc(F)cc1. The highest BCUT2D eigenvalue weighted by atomic mass is 19.1. The number of hydrogen-bond donors (Lipinski definition) is 1. The summed E-state index contributed by atoms with van der Waals surface area (Å²) in [6.45, 7) is 2.09. The van der Waals surface area contributed by atoms with Crippen LogP contribution < -0.4 is 0 Å². The molecule has 0 radical (unpaired) electrons. The van der Waals surface area contributed by atoms with Crippen molar-refractivity contribution >= 4 is 5.69 Å². The molecule has 0 aliphatic carbocycles. The van der Waals surface area contributed by atoms with Crippen molar-refractivity contribution in [2.75, 3.05) is 0 Å². The van der Waals surface area contributed by atoms with Gasteiger partial charge in [0.25, 0.3) is 4.92 Å². The van der Waals surface area contributed by atoms with Gasteiger partial charge in [-0.05, 0) is 24.6 Å². The largest absolute Gasteiger partial charge is 0.356 e. The number of hydrogen-bond acceptors (Lipinski definition) is 2. The van der Waals surface area contributed by atoms with Gasteiger partial charge in [0.05, 0.1) is 11.5 Å². The lowest BCUT2D eigenvalue weighted by Gasteiger charge is -2.03. The van der Waals surface area contributed by atoms with E-state index < -0.39 is 0 Å². The van der Waals surface area contributed by atoms with E-state index in [4.69, 9.17) is 5.21 Å². The molecule has 0 saturated heterocycles. The number of benzene rings is 1. The number of halogens is 1. The van der Waals surface area contributed by atoms with Gasteiger partial charge in [0, 0.05) is 0 Å². The summed E-state index contributed by atoms with van der Waals surface area (Å²) in [5, 5.41) is 12.8. The van der Waals surface area contributed by atoms with Crippen LogP contribution in [0.25, 0.3) is 0 Å². The second-order valence-corrected chi connectivity index (χ2v) is 3.67. The third kappa shape index (κ3) is 2.30. The Morgan fingerprint density at radius 1 is 1.41 bits per heavy atom. The van der Waals surface area contributed by atoms with Gasteiger partial charge >= 0.3 is 5.69 Å². The van der Waals surface area contributed by atoms with Gasteiger partial charge in [0.1, 0.15) is 17.7 Å². The summed E-state index contributed by atoms with van der Waals surface area (Å²) < 4.78 is 14.3. The Labute approximate surface area is 96.6 Å². The molecule has 0 aliphatic rings. The van der Waals surface area contributed by atoms with Crippen molar-refractivity contribution in [3.05, 3.63) is 52.4 Å². The normalized spacial score (nSPS) is 10.5. The molecule has 0 fully saturated rings. The zero-order chi connectivity index (χ0) is 12.4. The predicted molar refractivity (Wildman–Crippen MR) is 57.5 cm³/mol. The van der Waals surface area contributed by atoms with Gasteiger partial charge in [-0.3, -0.25) is 4.68 Å². The Bertz CT molecular complexity index is 548. The second kappa shape index (κ2) is 4.32. The van der Waals surface area contributed by atoms with Crippen molar-refractivity contribution < 1.29 is 14.5 Å². The first-order chi connectivity index (χ1) is 8.08. The molecule has 0 amide bonds. The Balaban J connectivity index is 2.24. The van der Waals surface area contributed by atoms with Crippen LogP contribution in [0.3, 0.4) is 0 Å². The first-order valence-corrected chi connectivity index (χ1v) is 5.01. The van der Waals surface area contributed by atoms with Crippen LogP contribution in [0.5, 0.6) is 0 Å². The van der Waals surface area contributed by atoms with Crippen LogP contribution in [0, 0.1) is 17.6 Å². The molecule has 1 N–H and O–H groups in total. The fourth-order valence-corrected chi connectivity index (χ4v) is 1.55. The van der Waals surface area contributed by atoms with Crippen LogP contribution in [-0.2, 0) is 6.54 Å². The van der Waals surface area contributed by atoms with Crippen LogP contribution in [-0.4, -0.2) is 19.9 Å². The van der Waals surface area contributed by atoms with E-state index in [0.29, 0.717) is 12.2 Å². The summed E-state index contributed by atoms with van der Waals surface area (Å²) in [6.07, 6.45) is 1.28. The molecule has 5 nitrogen and oxygen atoms in total. The summed E-state index contributed by atoms with van der Waals surface area (Å²) in [5.41, 5.74) is 1.51. The van der Waals surface area contributed by atoms with Gasteiger partial charge in [0.15, 0.2) is 0 Å². The van der Waals surface area contributed by atoms with E-state index in [9.17, 15) is 9.30 Å². The van der Waals surface area contributed by atoms with Gasteiger partial charge in [-0.2, -0.15) is 5.10 Å². The minimum absolute atomic E-state index is 0.104. The maximum absolute atomic E-state index is 12.7. The first kappa shape index (κ1) is 11.3. The van der Waals surface area contributed by atoms with Gasteiger partial charge in [0.2, 0.25) is 0 Å². The maximum atomic E-state index is 12.7. The summed E-state index contributed by atoms with van der Waals surface area (Å²) in [7, 11) is 0. The quantitative estimate of drug-likeness (QED) is 0.831. The highest BCUT2D eigenvalue weighted by Crippen LogP contribution is 2.16. The molecule has 0 spiro atoms. The van der Waals surface area contributed by atoms with Crippen LogP contribution in [0.4, 0.5) is 10.1 Å². The van der Waals surface area contributed by atoms with Gasteiger partial charge < -0.3 is 0 Å². The van der Waals surface area contributed by atoms with E-state index in [2.05, 4.69) is 5.10 Å². The van der Waals surface area contributed by atoms with E-state index in [1.54, 1.807) is 23.7 Å². The van der Waals surface area contributed by atoms with Gasteiger partial charge in [-0.15, -0.1) is 0 Å². The molecule has 2 aromatic rings. The number of rotatable bonds is 3. The highest BCUT2D eigenvalue weighted by Gasteiger charge is 2.20. The van der Waals surface area contributed by atoms with E-state index in [-0.39, 0.29) is 16.4 Å². The van der Waals surface area contributed by atoms with E-state index >= 15 is 0 Å². The van der Waals surface area contributed by atoms with E-state index in [1.165, 1.54) is 18.3 Å². The zero-order valence-electron chi connectivity index (χ0n) is 9.17. The van der Waals surface area contributed by atoms with Crippen LogP contribution in [0.1, 0.15) is 11.3 Å². The van der Waals surface area contributed by atoms with Crippen molar-refractivity contribution in [2.45, 2.75) is 13.5 Å². The molecule has 2 rings (SSSR count). The Morgan fingerprint density at radius 3 is 2.59 bits per heavy atom.